The third-order valence-electron chi connectivity index (χ3n) is 4.34. The number of rotatable bonds is 9. The van der Waals surface area contributed by atoms with Crippen LogP contribution in [0.1, 0.15) is 41.0 Å². The third kappa shape index (κ3) is 4.51. The maximum Gasteiger partial charge on any atom is 0.307 e. The molecule has 8 heteroatoms. The van der Waals surface area contributed by atoms with Crippen molar-refractivity contribution in [3.8, 4) is 0 Å². The first kappa shape index (κ1) is 20.6. The van der Waals surface area contributed by atoms with Crippen molar-refractivity contribution < 1.29 is 28.7 Å². The number of nitrogens with zero attached hydrogens (tertiary/aromatic N) is 2. The van der Waals surface area contributed by atoms with E-state index in [0.29, 0.717) is 0 Å². The molecular formula is C19H24N2O6. The standard InChI is InChI=1S/C19H24N2O6/c1-4-27-16(22)9-10-20(11-12-26-3)17(23)13(2)21-18(24)14-7-5-6-8-15(14)19(21)25/h5-8,13H,4,9-12H2,1-3H3. The van der Waals surface area contributed by atoms with Crippen molar-refractivity contribution in [2.24, 2.45) is 0 Å². The van der Waals surface area contributed by atoms with Crippen molar-refractivity contribution in [3.63, 3.8) is 0 Å². The molecule has 0 aliphatic carbocycles. The highest BCUT2D eigenvalue weighted by molar-refractivity contribution is 6.22. The van der Waals surface area contributed by atoms with Crippen molar-refractivity contribution in [1.29, 1.82) is 0 Å². The first-order valence-electron chi connectivity index (χ1n) is 8.82. The lowest BCUT2D eigenvalue weighted by molar-refractivity contribution is -0.144. The lowest BCUT2D eigenvalue weighted by Gasteiger charge is -2.29. The number of hydrogen-bond donors (Lipinski definition) is 0. The number of ether oxygens (including phenoxy) is 2. The predicted octanol–water partition coefficient (Wildman–Crippen LogP) is 1.10. The van der Waals surface area contributed by atoms with Gasteiger partial charge in [0, 0.05) is 20.2 Å². The second kappa shape index (κ2) is 9.27. The fraction of sp³-hybridized carbons (Fsp3) is 0.474. The maximum absolute atomic E-state index is 12.9. The summed E-state index contributed by atoms with van der Waals surface area (Å²) in [4.78, 5) is 52.1. The molecule has 0 fully saturated rings. The van der Waals surface area contributed by atoms with Crippen LogP contribution >= 0.6 is 0 Å². The highest BCUT2D eigenvalue weighted by atomic mass is 16.5. The molecule has 1 aromatic rings. The maximum atomic E-state index is 12.9. The summed E-state index contributed by atoms with van der Waals surface area (Å²) in [5.74, 6) is -1.82. The first-order valence-corrected chi connectivity index (χ1v) is 8.82. The number of fused-ring (bicyclic) bond motifs is 1. The zero-order chi connectivity index (χ0) is 20.0. The summed E-state index contributed by atoms with van der Waals surface area (Å²) in [6.45, 7) is 4.10. The van der Waals surface area contributed by atoms with Crippen molar-refractivity contribution in [1.82, 2.24) is 9.80 Å². The number of imide groups is 1. The summed E-state index contributed by atoms with van der Waals surface area (Å²) in [6.07, 6.45) is 0.0259. The molecule has 1 aromatic carbocycles. The van der Waals surface area contributed by atoms with Gasteiger partial charge >= 0.3 is 5.97 Å². The minimum Gasteiger partial charge on any atom is -0.466 e. The molecule has 146 valence electrons. The van der Waals surface area contributed by atoms with Gasteiger partial charge in [0.1, 0.15) is 6.04 Å². The number of hydrogen-bond acceptors (Lipinski definition) is 6. The van der Waals surface area contributed by atoms with Gasteiger partial charge in [-0.25, -0.2) is 0 Å². The summed E-state index contributed by atoms with van der Waals surface area (Å²) in [5.41, 5.74) is 0.578. The Balaban J connectivity index is 2.13. The van der Waals surface area contributed by atoms with E-state index in [-0.39, 0.29) is 43.9 Å². The Hall–Kier alpha value is -2.74. The average molecular weight is 376 g/mol. The van der Waals surface area contributed by atoms with Crippen LogP contribution in [-0.4, -0.2) is 72.9 Å². The van der Waals surface area contributed by atoms with Crippen LogP contribution in [-0.2, 0) is 19.1 Å². The molecular weight excluding hydrogens is 352 g/mol. The Morgan fingerprint density at radius 3 is 2.22 bits per heavy atom. The summed E-state index contributed by atoms with van der Waals surface area (Å²) < 4.78 is 9.90. The fourth-order valence-corrected chi connectivity index (χ4v) is 2.93. The van der Waals surface area contributed by atoms with Gasteiger partial charge in [-0.1, -0.05) is 12.1 Å². The number of esters is 1. The van der Waals surface area contributed by atoms with Gasteiger partial charge in [-0.2, -0.15) is 0 Å². The Kier molecular flexibility index (Phi) is 7.06. The van der Waals surface area contributed by atoms with Crippen molar-refractivity contribution in [2.45, 2.75) is 26.3 Å². The summed E-state index contributed by atoms with van der Waals surface area (Å²) in [7, 11) is 1.50. The van der Waals surface area contributed by atoms with E-state index < -0.39 is 29.7 Å². The molecule has 0 spiro atoms. The smallest absolute Gasteiger partial charge is 0.307 e. The normalized spacial score (nSPS) is 14.1. The molecule has 0 aromatic heterocycles. The van der Waals surface area contributed by atoms with Gasteiger partial charge in [0.05, 0.1) is 30.8 Å². The van der Waals surface area contributed by atoms with E-state index in [2.05, 4.69) is 0 Å². The van der Waals surface area contributed by atoms with Crippen LogP contribution < -0.4 is 0 Å². The van der Waals surface area contributed by atoms with E-state index in [0.717, 1.165) is 4.90 Å². The minimum atomic E-state index is -0.989. The van der Waals surface area contributed by atoms with Gasteiger partial charge in [0.2, 0.25) is 5.91 Å². The van der Waals surface area contributed by atoms with Crippen LogP contribution in [0.3, 0.4) is 0 Å². The van der Waals surface area contributed by atoms with Gasteiger partial charge in [0.25, 0.3) is 11.8 Å². The van der Waals surface area contributed by atoms with Gasteiger partial charge in [-0.3, -0.25) is 24.1 Å². The highest BCUT2D eigenvalue weighted by Gasteiger charge is 2.41. The molecule has 27 heavy (non-hydrogen) atoms. The molecule has 2 rings (SSSR count). The Morgan fingerprint density at radius 2 is 1.70 bits per heavy atom. The van der Waals surface area contributed by atoms with Crippen molar-refractivity contribution >= 4 is 23.7 Å². The number of methoxy groups -OCH3 is 1. The number of amides is 3. The van der Waals surface area contributed by atoms with E-state index in [1.807, 2.05) is 0 Å². The summed E-state index contributed by atoms with van der Waals surface area (Å²) >= 11 is 0. The molecule has 1 unspecified atom stereocenters. The molecule has 1 aliphatic rings. The zero-order valence-electron chi connectivity index (χ0n) is 15.8. The Bertz CT molecular complexity index is 698. The molecule has 0 bridgehead atoms. The quantitative estimate of drug-likeness (QED) is 0.473. The van der Waals surface area contributed by atoms with Crippen LogP contribution in [0.4, 0.5) is 0 Å². The molecule has 0 saturated carbocycles. The van der Waals surface area contributed by atoms with Crippen LogP contribution in [0.5, 0.6) is 0 Å². The van der Waals surface area contributed by atoms with Gasteiger partial charge in [-0.05, 0) is 26.0 Å². The molecule has 0 radical (unpaired) electrons. The van der Waals surface area contributed by atoms with Crippen LogP contribution in [0, 0.1) is 0 Å². The summed E-state index contributed by atoms with van der Waals surface area (Å²) in [5, 5.41) is 0. The Labute approximate surface area is 158 Å². The lowest BCUT2D eigenvalue weighted by Crippen LogP contribution is -2.50. The fourth-order valence-electron chi connectivity index (χ4n) is 2.93. The second-order valence-electron chi connectivity index (χ2n) is 6.07. The molecule has 1 heterocycles. The molecule has 1 atom stereocenters. The molecule has 3 amide bonds. The number of carbonyl (C=O) groups is 4. The largest absolute Gasteiger partial charge is 0.466 e. The van der Waals surface area contributed by atoms with E-state index in [1.54, 1.807) is 31.2 Å². The SMILES string of the molecule is CCOC(=O)CCN(CCOC)C(=O)C(C)N1C(=O)c2ccccc2C1=O. The van der Waals surface area contributed by atoms with E-state index >= 15 is 0 Å². The topological polar surface area (TPSA) is 93.2 Å². The van der Waals surface area contributed by atoms with E-state index in [9.17, 15) is 19.2 Å². The molecule has 1 aliphatic heterocycles. The highest BCUT2D eigenvalue weighted by Crippen LogP contribution is 2.25. The Morgan fingerprint density at radius 1 is 1.11 bits per heavy atom. The lowest BCUT2D eigenvalue weighted by atomic mass is 10.1. The van der Waals surface area contributed by atoms with E-state index in [4.69, 9.17) is 9.47 Å². The predicted molar refractivity (Wildman–Crippen MR) is 96.1 cm³/mol. The number of carbonyl (C=O) groups excluding carboxylic acids is 4. The van der Waals surface area contributed by atoms with E-state index in [1.165, 1.54) is 18.9 Å². The van der Waals surface area contributed by atoms with Crippen LogP contribution in [0.15, 0.2) is 24.3 Å². The van der Waals surface area contributed by atoms with Crippen molar-refractivity contribution in [3.05, 3.63) is 35.4 Å². The first-order chi connectivity index (χ1) is 12.9. The van der Waals surface area contributed by atoms with Crippen LogP contribution in [0.2, 0.25) is 0 Å². The average Bonchev–Trinajstić information content (AvgIpc) is 2.92. The van der Waals surface area contributed by atoms with Gasteiger partial charge in [0.15, 0.2) is 0 Å². The minimum absolute atomic E-state index is 0.0259. The second-order valence-corrected chi connectivity index (χ2v) is 6.07. The third-order valence-corrected chi connectivity index (χ3v) is 4.34. The van der Waals surface area contributed by atoms with Gasteiger partial charge < -0.3 is 14.4 Å². The van der Waals surface area contributed by atoms with Gasteiger partial charge in [-0.15, -0.1) is 0 Å². The summed E-state index contributed by atoms with van der Waals surface area (Å²) in [6, 6.07) is 5.48. The number of benzene rings is 1. The van der Waals surface area contributed by atoms with Crippen LogP contribution in [0.25, 0.3) is 0 Å². The molecule has 0 saturated heterocycles. The van der Waals surface area contributed by atoms with Crippen molar-refractivity contribution in [2.75, 3.05) is 33.4 Å². The zero-order valence-corrected chi connectivity index (χ0v) is 15.8. The molecule has 0 N–H and O–H groups in total. The molecule has 8 nitrogen and oxygen atoms in total. The monoisotopic (exact) mass is 376 g/mol.